The Morgan fingerprint density at radius 2 is 1.94 bits per heavy atom. The smallest absolute Gasteiger partial charge is 0.425 e. The number of rotatable bonds is 4. The van der Waals surface area contributed by atoms with E-state index in [0.717, 1.165) is 5.56 Å². The average molecular weight is 260 g/mol. The van der Waals surface area contributed by atoms with E-state index in [-0.39, 0.29) is 6.61 Å². The molecule has 18 heavy (non-hydrogen) atoms. The fourth-order valence-electron chi connectivity index (χ4n) is 1.12. The van der Waals surface area contributed by atoms with E-state index in [1.807, 2.05) is 0 Å². The molecule has 0 aliphatic heterocycles. The summed E-state index contributed by atoms with van der Waals surface area (Å²) in [7, 11) is 0. The van der Waals surface area contributed by atoms with Gasteiger partial charge in [0.25, 0.3) is 0 Å². The zero-order chi connectivity index (χ0) is 13.8. The van der Waals surface area contributed by atoms with Gasteiger partial charge in [0.05, 0.1) is 0 Å². The van der Waals surface area contributed by atoms with Crippen LogP contribution in [0.25, 0.3) is 6.08 Å². The summed E-state index contributed by atoms with van der Waals surface area (Å²) in [6, 6.07) is 6.53. The molecule has 0 saturated carbocycles. The summed E-state index contributed by atoms with van der Waals surface area (Å²) in [5, 5.41) is 8.60. The Bertz CT molecular complexity index is 423. The molecule has 0 radical (unpaired) electrons. The molecule has 1 atom stereocenters. The van der Waals surface area contributed by atoms with E-state index in [1.165, 1.54) is 0 Å². The molecule has 0 fully saturated rings. The molecule has 0 amide bonds. The standard InChI is InChI=1S/C12H11F3O3/c1-2-8-3-5-9(6-4-8)7-18-11(17)10(16)12(13,14)15/h2-6,10,16H,1,7H2. The lowest BCUT2D eigenvalue weighted by Crippen LogP contribution is -2.37. The minimum atomic E-state index is -5.01. The number of carbonyl (C=O) groups is 1. The van der Waals surface area contributed by atoms with Crippen molar-refractivity contribution in [3.8, 4) is 0 Å². The van der Waals surface area contributed by atoms with Gasteiger partial charge >= 0.3 is 12.1 Å². The van der Waals surface area contributed by atoms with Crippen molar-refractivity contribution in [3.05, 3.63) is 42.0 Å². The maximum absolute atomic E-state index is 12.0. The van der Waals surface area contributed by atoms with Crippen molar-refractivity contribution >= 4 is 12.0 Å². The van der Waals surface area contributed by atoms with Crippen molar-refractivity contribution in [2.75, 3.05) is 0 Å². The lowest BCUT2D eigenvalue weighted by atomic mass is 10.1. The number of halogens is 3. The van der Waals surface area contributed by atoms with Crippen molar-refractivity contribution in [1.82, 2.24) is 0 Å². The van der Waals surface area contributed by atoms with Crippen LogP contribution in [-0.4, -0.2) is 23.4 Å². The maximum Gasteiger partial charge on any atom is 0.425 e. The fraction of sp³-hybridized carbons (Fsp3) is 0.250. The van der Waals surface area contributed by atoms with Crippen molar-refractivity contribution in [2.45, 2.75) is 18.9 Å². The van der Waals surface area contributed by atoms with Gasteiger partial charge in [-0.1, -0.05) is 36.9 Å². The largest absolute Gasteiger partial charge is 0.459 e. The SMILES string of the molecule is C=Cc1ccc(COC(=O)C(O)C(F)(F)F)cc1. The van der Waals surface area contributed by atoms with Gasteiger partial charge in [0, 0.05) is 0 Å². The van der Waals surface area contributed by atoms with Crippen LogP contribution in [0.2, 0.25) is 0 Å². The molecule has 98 valence electrons. The molecule has 3 nitrogen and oxygen atoms in total. The number of aliphatic hydroxyl groups is 1. The lowest BCUT2D eigenvalue weighted by Gasteiger charge is -2.13. The third-order valence-electron chi connectivity index (χ3n) is 2.13. The molecule has 0 aromatic heterocycles. The molecular weight excluding hydrogens is 249 g/mol. The lowest BCUT2D eigenvalue weighted by molar-refractivity contribution is -0.218. The molecule has 1 aromatic carbocycles. The zero-order valence-electron chi connectivity index (χ0n) is 9.28. The van der Waals surface area contributed by atoms with E-state index in [1.54, 1.807) is 30.3 Å². The topological polar surface area (TPSA) is 46.5 Å². The Balaban J connectivity index is 2.54. The molecule has 1 N–H and O–H groups in total. The number of carbonyl (C=O) groups excluding carboxylic acids is 1. The van der Waals surface area contributed by atoms with E-state index < -0.39 is 18.2 Å². The summed E-state index contributed by atoms with van der Waals surface area (Å²) in [6.07, 6.45) is -6.52. The maximum atomic E-state index is 12.0. The highest BCUT2D eigenvalue weighted by atomic mass is 19.4. The fourth-order valence-corrected chi connectivity index (χ4v) is 1.12. The molecule has 1 rings (SSSR count). The molecular formula is C12H11F3O3. The Morgan fingerprint density at radius 1 is 1.39 bits per heavy atom. The second kappa shape index (κ2) is 5.68. The summed E-state index contributed by atoms with van der Waals surface area (Å²) < 4.78 is 40.2. The van der Waals surface area contributed by atoms with Gasteiger partial charge in [-0.05, 0) is 11.1 Å². The van der Waals surface area contributed by atoms with Crippen LogP contribution in [0, 0.1) is 0 Å². The van der Waals surface area contributed by atoms with E-state index in [9.17, 15) is 18.0 Å². The van der Waals surface area contributed by atoms with Gasteiger partial charge in [-0.3, -0.25) is 0 Å². The van der Waals surface area contributed by atoms with Gasteiger partial charge in [-0.15, -0.1) is 0 Å². The van der Waals surface area contributed by atoms with E-state index in [0.29, 0.717) is 5.56 Å². The summed E-state index contributed by atoms with van der Waals surface area (Å²) in [5.74, 6) is -1.71. The van der Waals surface area contributed by atoms with E-state index in [2.05, 4.69) is 11.3 Å². The third kappa shape index (κ3) is 3.89. The van der Waals surface area contributed by atoms with E-state index >= 15 is 0 Å². The Kier molecular flexibility index (Phi) is 4.49. The van der Waals surface area contributed by atoms with Crippen LogP contribution in [0.1, 0.15) is 11.1 Å². The molecule has 0 saturated heterocycles. The van der Waals surface area contributed by atoms with Crippen molar-refractivity contribution < 1.29 is 27.8 Å². The first-order chi connectivity index (χ1) is 8.34. The van der Waals surface area contributed by atoms with Gasteiger partial charge in [-0.2, -0.15) is 13.2 Å². The van der Waals surface area contributed by atoms with Crippen LogP contribution in [0.15, 0.2) is 30.8 Å². The summed E-state index contributed by atoms with van der Waals surface area (Å²) in [5.41, 5.74) is 1.35. The number of hydrogen-bond donors (Lipinski definition) is 1. The number of hydrogen-bond acceptors (Lipinski definition) is 3. The van der Waals surface area contributed by atoms with Gasteiger partial charge in [0.15, 0.2) is 0 Å². The number of ether oxygens (including phenoxy) is 1. The Labute approximate surface area is 101 Å². The normalized spacial score (nSPS) is 12.9. The first-order valence-electron chi connectivity index (χ1n) is 4.97. The molecule has 0 aliphatic carbocycles. The van der Waals surface area contributed by atoms with Crippen molar-refractivity contribution in [1.29, 1.82) is 0 Å². The Morgan fingerprint density at radius 3 is 2.39 bits per heavy atom. The molecule has 0 bridgehead atoms. The molecule has 0 heterocycles. The van der Waals surface area contributed by atoms with Crippen LogP contribution < -0.4 is 0 Å². The van der Waals surface area contributed by atoms with Gasteiger partial charge in [0.2, 0.25) is 6.10 Å². The number of benzene rings is 1. The van der Waals surface area contributed by atoms with Crippen LogP contribution in [0.5, 0.6) is 0 Å². The van der Waals surface area contributed by atoms with Crippen molar-refractivity contribution in [2.24, 2.45) is 0 Å². The molecule has 0 spiro atoms. The highest BCUT2D eigenvalue weighted by molar-refractivity contribution is 5.75. The first kappa shape index (κ1) is 14.2. The molecule has 1 aromatic rings. The first-order valence-corrected chi connectivity index (χ1v) is 4.97. The predicted octanol–water partition coefficient (Wildman–Crippen LogP) is 2.30. The monoisotopic (exact) mass is 260 g/mol. The number of aliphatic hydroxyl groups excluding tert-OH is 1. The van der Waals surface area contributed by atoms with Crippen LogP contribution in [0.3, 0.4) is 0 Å². The van der Waals surface area contributed by atoms with Crippen LogP contribution in [0.4, 0.5) is 13.2 Å². The Hall–Kier alpha value is -1.82. The van der Waals surface area contributed by atoms with Crippen molar-refractivity contribution in [3.63, 3.8) is 0 Å². The van der Waals surface area contributed by atoms with Gasteiger partial charge < -0.3 is 9.84 Å². The number of alkyl halides is 3. The number of esters is 1. The summed E-state index contributed by atoms with van der Waals surface area (Å²) >= 11 is 0. The minimum Gasteiger partial charge on any atom is -0.459 e. The molecule has 6 heteroatoms. The molecule has 1 unspecified atom stereocenters. The van der Waals surface area contributed by atoms with E-state index in [4.69, 9.17) is 5.11 Å². The van der Waals surface area contributed by atoms with Crippen LogP contribution >= 0.6 is 0 Å². The average Bonchev–Trinajstić information content (AvgIpc) is 2.34. The highest BCUT2D eigenvalue weighted by Gasteiger charge is 2.44. The minimum absolute atomic E-state index is 0.330. The predicted molar refractivity (Wildman–Crippen MR) is 58.4 cm³/mol. The highest BCUT2D eigenvalue weighted by Crippen LogP contribution is 2.21. The second-order valence-corrected chi connectivity index (χ2v) is 3.50. The second-order valence-electron chi connectivity index (χ2n) is 3.50. The van der Waals surface area contributed by atoms with Gasteiger partial charge in [0.1, 0.15) is 6.61 Å². The third-order valence-corrected chi connectivity index (χ3v) is 2.13. The summed E-state index contributed by atoms with van der Waals surface area (Å²) in [6.45, 7) is 3.21. The van der Waals surface area contributed by atoms with Gasteiger partial charge in [-0.25, -0.2) is 4.79 Å². The molecule has 0 aliphatic rings. The zero-order valence-corrected chi connectivity index (χ0v) is 9.28. The van der Waals surface area contributed by atoms with Crippen LogP contribution in [-0.2, 0) is 16.1 Å². The summed E-state index contributed by atoms with van der Waals surface area (Å²) in [4.78, 5) is 10.9. The quantitative estimate of drug-likeness (QED) is 0.845.